The van der Waals surface area contributed by atoms with Crippen LogP contribution in [0, 0.1) is 0 Å². The first-order chi connectivity index (χ1) is 19.7. The number of pyridine rings is 1. The van der Waals surface area contributed by atoms with Crippen LogP contribution in [0.1, 0.15) is 66.7 Å². The van der Waals surface area contributed by atoms with Gasteiger partial charge in [0.15, 0.2) is 6.04 Å². The molecule has 0 spiro atoms. The van der Waals surface area contributed by atoms with Gasteiger partial charge in [-0.25, -0.2) is 9.67 Å². The SMILES string of the molecule is CCC(CC)(NC(=O)c1cnn2c1NC(c1ccccc1)CC2C(F)(F)F)c1cccc(-c2ccc(OC)nc2)c1. The molecule has 0 bridgehead atoms. The fraction of sp³-hybridized carbons (Fsp3) is 0.323. The summed E-state index contributed by atoms with van der Waals surface area (Å²) in [6.07, 6.45) is -0.690. The Morgan fingerprint density at radius 2 is 1.78 bits per heavy atom. The summed E-state index contributed by atoms with van der Waals surface area (Å²) in [6, 6.07) is 18.0. The van der Waals surface area contributed by atoms with E-state index >= 15 is 0 Å². The third-order valence-electron chi connectivity index (χ3n) is 7.94. The quantitative estimate of drug-likeness (QED) is 0.240. The molecule has 10 heteroatoms. The van der Waals surface area contributed by atoms with Crippen molar-refractivity contribution < 1.29 is 22.7 Å². The van der Waals surface area contributed by atoms with Gasteiger partial charge in [-0.1, -0.05) is 62.4 Å². The van der Waals surface area contributed by atoms with E-state index in [-0.39, 0.29) is 17.8 Å². The Bertz CT molecular complexity index is 1500. The number of rotatable bonds is 8. The molecule has 0 fully saturated rings. The molecule has 3 heterocycles. The van der Waals surface area contributed by atoms with Crippen LogP contribution in [0.2, 0.25) is 0 Å². The Morgan fingerprint density at radius 1 is 1.02 bits per heavy atom. The lowest BCUT2D eigenvalue weighted by Gasteiger charge is -2.35. The number of fused-ring (bicyclic) bond motifs is 1. The van der Waals surface area contributed by atoms with Gasteiger partial charge in [0.25, 0.3) is 5.91 Å². The molecule has 5 rings (SSSR count). The second-order valence-electron chi connectivity index (χ2n) is 10.2. The number of carbonyl (C=O) groups is 1. The number of amides is 1. The highest BCUT2D eigenvalue weighted by atomic mass is 19.4. The summed E-state index contributed by atoms with van der Waals surface area (Å²) < 4.78 is 48.5. The van der Waals surface area contributed by atoms with Crippen LogP contribution < -0.4 is 15.4 Å². The number of aromatic nitrogens is 3. The number of carbonyl (C=O) groups excluding carboxylic acids is 1. The molecule has 0 saturated heterocycles. The molecule has 2 N–H and O–H groups in total. The highest BCUT2D eigenvalue weighted by Gasteiger charge is 2.47. The van der Waals surface area contributed by atoms with E-state index in [9.17, 15) is 18.0 Å². The van der Waals surface area contributed by atoms with Crippen LogP contribution in [0.25, 0.3) is 11.1 Å². The van der Waals surface area contributed by atoms with Crippen molar-refractivity contribution in [3.63, 3.8) is 0 Å². The monoisotopic (exact) mass is 563 g/mol. The van der Waals surface area contributed by atoms with Gasteiger partial charge < -0.3 is 15.4 Å². The Morgan fingerprint density at radius 3 is 2.41 bits per heavy atom. The van der Waals surface area contributed by atoms with E-state index in [0.717, 1.165) is 21.4 Å². The van der Waals surface area contributed by atoms with Gasteiger partial charge in [-0.3, -0.25) is 4.79 Å². The fourth-order valence-corrected chi connectivity index (χ4v) is 5.49. The van der Waals surface area contributed by atoms with Gasteiger partial charge >= 0.3 is 6.18 Å². The smallest absolute Gasteiger partial charge is 0.410 e. The fourth-order valence-electron chi connectivity index (χ4n) is 5.49. The van der Waals surface area contributed by atoms with Crippen molar-refractivity contribution in [2.75, 3.05) is 12.4 Å². The molecule has 0 aliphatic carbocycles. The average molecular weight is 564 g/mol. The summed E-state index contributed by atoms with van der Waals surface area (Å²) in [5.41, 5.74) is 2.71. The molecule has 0 saturated carbocycles. The third kappa shape index (κ3) is 5.51. The Labute approximate surface area is 236 Å². The lowest BCUT2D eigenvalue weighted by atomic mass is 9.83. The molecule has 1 amide bonds. The molecule has 1 aliphatic rings. The minimum Gasteiger partial charge on any atom is -0.481 e. The third-order valence-corrected chi connectivity index (χ3v) is 7.94. The first-order valence-electron chi connectivity index (χ1n) is 13.6. The van der Waals surface area contributed by atoms with E-state index < -0.39 is 29.7 Å². The van der Waals surface area contributed by atoms with Crippen molar-refractivity contribution in [2.24, 2.45) is 0 Å². The number of benzene rings is 2. The number of nitrogens with zero attached hydrogens (tertiary/aromatic N) is 3. The number of hydrogen-bond donors (Lipinski definition) is 2. The normalized spacial score (nSPS) is 16.9. The van der Waals surface area contributed by atoms with E-state index in [4.69, 9.17) is 4.74 Å². The molecular formula is C31H32F3N5O2. The van der Waals surface area contributed by atoms with Crippen molar-refractivity contribution in [3.8, 4) is 17.0 Å². The van der Waals surface area contributed by atoms with E-state index in [1.165, 1.54) is 6.20 Å². The van der Waals surface area contributed by atoms with E-state index in [1.807, 2.05) is 50.2 Å². The standard InChI is InChI=1S/C31H32F3N5O2/c1-4-30(5-2,23-13-9-12-21(16-23)22-14-15-27(41-3)35-18-22)38-29(40)24-19-36-39-26(31(32,33)34)17-25(37-28(24)39)20-10-7-6-8-11-20/h6-16,18-19,25-26,37H,4-5,17H2,1-3H3,(H,38,40). The summed E-state index contributed by atoms with van der Waals surface area (Å²) in [7, 11) is 1.56. The van der Waals surface area contributed by atoms with Crippen LogP contribution >= 0.6 is 0 Å². The van der Waals surface area contributed by atoms with Crippen LogP contribution in [-0.2, 0) is 5.54 Å². The molecule has 41 heavy (non-hydrogen) atoms. The number of methoxy groups -OCH3 is 1. The van der Waals surface area contributed by atoms with Gasteiger partial charge in [-0.2, -0.15) is 18.3 Å². The number of hydrogen-bond acceptors (Lipinski definition) is 5. The lowest BCUT2D eigenvalue weighted by molar-refractivity contribution is -0.173. The van der Waals surface area contributed by atoms with E-state index in [1.54, 1.807) is 43.6 Å². The summed E-state index contributed by atoms with van der Waals surface area (Å²) in [4.78, 5) is 18.1. The summed E-state index contributed by atoms with van der Waals surface area (Å²) >= 11 is 0. The molecule has 4 aromatic rings. The zero-order valence-corrected chi connectivity index (χ0v) is 23.1. The molecule has 2 atom stereocenters. The summed E-state index contributed by atoms with van der Waals surface area (Å²) in [6.45, 7) is 3.95. The highest BCUT2D eigenvalue weighted by Crippen LogP contribution is 2.44. The van der Waals surface area contributed by atoms with Gasteiger partial charge in [-0.15, -0.1) is 0 Å². The maximum atomic E-state index is 14.1. The predicted molar refractivity (Wildman–Crippen MR) is 151 cm³/mol. The number of anilines is 1. The minimum atomic E-state index is -4.53. The second kappa shape index (κ2) is 11.3. The predicted octanol–water partition coefficient (Wildman–Crippen LogP) is 7.06. The zero-order valence-electron chi connectivity index (χ0n) is 23.1. The van der Waals surface area contributed by atoms with Crippen LogP contribution in [0.5, 0.6) is 5.88 Å². The van der Waals surface area contributed by atoms with E-state index in [2.05, 4.69) is 20.7 Å². The van der Waals surface area contributed by atoms with Crippen molar-refractivity contribution in [2.45, 2.75) is 56.9 Å². The van der Waals surface area contributed by atoms with Gasteiger partial charge in [-0.05, 0) is 41.7 Å². The first-order valence-corrected chi connectivity index (χ1v) is 13.6. The second-order valence-corrected chi connectivity index (χ2v) is 10.2. The molecule has 0 radical (unpaired) electrons. The Kier molecular flexibility index (Phi) is 7.75. The Hall–Kier alpha value is -4.34. The molecule has 2 aromatic heterocycles. The maximum absolute atomic E-state index is 14.1. The molecule has 1 aliphatic heterocycles. The van der Waals surface area contributed by atoms with Crippen molar-refractivity contribution in [1.82, 2.24) is 20.1 Å². The summed E-state index contributed by atoms with van der Waals surface area (Å²) in [5.74, 6) is 0.0757. The molecule has 2 aromatic carbocycles. The molecule has 2 unspecified atom stereocenters. The molecule has 214 valence electrons. The van der Waals surface area contributed by atoms with Crippen LogP contribution in [0.4, 0.5) is 19.0 Å². The number of halogens is 3. The number of nitrogens with one attached hydrogen (secondary N) is 2. The largest absolute Gasteiger partial charge is 0.481 e. The maximum Gasteiger partial charge on any atom is 0.410 e. The van der Waals surface area contributed by atoms with Crippen molar-refractivity contribution in [3.05, 3.63) is 95.8 Å². The average Bonchev–Trinajstić information content (AvgIpc) is 3.43. The van der Waals surface area contributed by atoms with E-state index in [0.29, 0.717) is 24.3 Å². The van der Waals surface area contributed by atoms with Gasteiger partial charge in [0, 0.05) is 24.2 Å². The van der Waals surface area contributed by atoms with Gasteiger partial charge in [0.05, 0.1) is 24.9 Å². The highest BCUT2D eigenvalue weighted by molar-refractivity contribution is 5.99. The van der Waals surface area contributed by atoms with Crippen LogP contribution in [0.3, 0.4) is 0 Å². The number of alkyl halides is 3. The lowest BCUT2D eigenvalue weighted by Crippen LogP contribution is -2.45. The molecule has 7 nitrogen and oxygen atoms in total. The Balaban J connectivity index is 1.48. The van der Waals surface area contributed by atoms with Gasteiger partial charge in [0.1, 0.15) is 11.4 Å². The van der Waals surface area contributed by atoms with Gasteiger partial charge in [0.2, 0.25) is 5.88 Å². The van der Waals surface area contributed by atoms with Crippen LogP contribution in [-0.4, -0.2) is 34.0 Å². The van der Waals surface area contributed by atoms with Crippen molar-refractivity contribution >= 4 is 11.7 Å². The minimum absolute atomic E-state index is 0.0593. The van der Waals surface area contributed by atoms with Crippen LogP contribution in [0.15, 0.2) is 79.1 Å². The number of ether oxygens (including phenoxy) is 1. The first kappa shape index (κ1) is 28.2. The topological polar surface area (TPSA) is 81.1 Å². The van der Waals surface area contributed by atoms with Crippen molar-refractivity contribution in [1.29, 1.82) is 0 Å². The zero-order chi connectivity index (χ0) is 29.2. The molecular weight excluding hydrogens is 531 g/mol. The summed E-state index contributed by atoms with van der Waals surface area (Å²) in [5, 5.41) is 10.4.